The van der Waals surface area contributed by atoms with Crippen LogP contribution in [0.4, 0.5) is 26.3 Å². The van der Waals surface area contributed by atoms with Gasteiger partial charge in [0.1, 0.15) is 0 Å². The van der Waals surface area contributed by atoms with E-state index in [9.17, 15) is 26.3 Å². The lowest BCUT2D eigenvalue weighted by atomic mass is 9.92. The molecule has 0 heterocycles. The van der Waals surface area contributed by atoms with Crippen LogP contribution in [0, 0.1) is 0 Å². The summed E-state index contributed by atoms with van der Waals surface area (Å²) in [5, 5.41) is 9.01. The highest BCUT2D eigenvalue weighted by molar-refractivity contribution is 5.24. The van der Waals surface area contributed by atoms with Gasteiger partial charge in [-0.3, -0.25) is 0 Å². The number of benzene rings is 1. The molecule has 1 rings (SSSR count). The summed E-state index contributed by atoms with van der Waals surface area (Å²) >= 11 is 0. The summed E-state index contributed by atoms with van der Waals surface area (Å²) in [4.78, 5) is 0. The van der Waals surface area contributed by atoms with Crippen molar-refractivity contribution in [3.05, 3.63) is 35.4 Å². The first kappa shape index (κ1) is 15.8. The predicted molar refractivity (Wildman–Crippen MR) is 56.6 cm³/mol. The molecular weight excluding hydrogens is 274 g/mol. The van der Waals surface area contributed by atoms with Crippen LogP contribution in [-0.2, 0) is 12.8 Å². The van der Waals surface area contributed by atoms with Gasteiger partial charge in [-0.2, -0.15) is 26.3 Å². The third kappa shape index (κ3) is 3.20. The van der Waals surface area contributed by atoms with Gasteiger partial charge >= 0.3 is 12.4 Å². The monoisotopic (exact) mass is 286 g/mol. The van der Waals surface area contributed by atoms with Crippen molar-refractivity contribution in [2.75, 3.05) is 0 Å². The van der Waals surface area contributed by atoms with Crippen LogP contribution >= 0.6 is 0 Å². The molecule has 0 amide bonds. The maximum absolute atomic E-state index is 12.5. The van der Waals surface area contributed by atoms with Crippen molar-refractivity contribution in [3.63, 3.8) is 0 Å². The average Bonchev–Trinajstić information content (AvgIpc) is 2.27. The Morgan fingerprint density at radius 2 is 1.21 bits per heavy atom. The summed E-state index contributed by atoms with van der Waals surface area (Å²) in [6.45, 7) is 1.80. The van der Waals surface area contributed by atoms with E-state index in [4.69, 9.17) is 5.11 Å². The van der Waals surface area contributed by atoms with Crippen LogP contribution in [-0.4, -0.2) is 23.1 Å². The molecule has 0 saturated heterocycles. The van der Waals surface area contributed by atoms with Gasteiger partial charge in [0.15, 0.2) is 0 Å². The lowest BCUT2D eigenvalue weighted by Crippen LogP contribution is -2.58. The highest BCUT2D eigenvalue weighted by Gasteiger charge is 2.70. The molecule has 0 spiro atoms. The van der Waals surface area contributed by atoms with Crippen LogP contribution < -0.4 is 0 Å². The molecule has 7 heteroatoms. The Hall–Kier alpha value is -1.24. The van der Waals surface area contributed by atoms with Gasteiger partial charge in [-0.05, 0) is 17.5 Å². The van der Waals surface area contributed by atoms with E-state index < -0.39 is 24.4 Å². The molecule has 1 N–H and O–H groups in total. The van der Waals surface area contributed by atoms with Crippen molar-refractivity contribution in [1.29, 1.82) is 0 Å². The van der Waals surface area contributed by atoms with Crippen LogP contribution in [0.1, 0.15) is 18.1 Å². The van der Waals surface area contributed by atoms with E-state index in [1.807, 2.05) is 0 Å². The molecule has 1 aromatic rings. The summed E-state index contributed by atoms with van der Waals surface area (Å²) < 4.78 is 74.8. The first-order valence-corrected chi connectivity index (χ1v) is 5.45. The molecule has 0 aliphatic rings. The number of aliphatic hydroxyl groups is 1. The zero-order valence-electron chi connectivity index (χ0n) is 9.94. The highest BCUT2D eigenvalue weighted by Crippen LogP contribution is 2.44. The van der Waals surface area contributed by atoms with Crippen LogP contribution in [0.3, 0.4) is 0 Å². The van der Waals surface area contributed by atoms with Gasteiger partial charge in [-0.25, -0.2) is 0 Å². The zero-order valence-corrected chi connectivity index (χ0v) is 9.94. The van der Waals surface area contributed by atoms with Crippen LogP contribution in [0.15, 0.2) is 24.3 Å². The Bertz CT molecular complexity index is 403. The maximum Gasteiger partial charge on any atom is 0.426 e. The van der Waals surface area contributed by atoms with Crippen LogP contribution in [0.25, 0.3) is 0 Å². The Labute approximate surface area is 105 Å². The maximum atomic E-state index is 12.5. The number of aryl methyl sites for hydroxylation is 1. The Morgan fingerprint density at radius 3 is 1.53 bits per heavy atom. The van der Waals surface area contributed by atoms with Gasteiger partial charge in [0.2, 0.25) is 0 Å². The molecule has 0 aliphatic heterocycles. The van der Waals surface area contributed by atoms with Crippen molar-refractivity contribution in [1.82, 2.24) is 0 Å². The molecule has 1 aromatic carbocycles. The lowest BCUT2D eigenvalue weighted by Gasteiger charge is -2.32. The minimum Gasteiger partial charge on any atom is -0.373 e. The van der Waals surface area contributed by atoms with E-state index in [2.05, 4.69) is 0 Å². The summed E-state index contributed by atoms with van der Waals surface area (Å²) in [6.07, 6.45) is -12.5. The molecule has 0 unspecified atom stereocenters. The van der Waals surface area contributed by atoms with Crippen molar-refractivity contribution >= 4 is 0 Å². The van der Waals surface area contributed by atoms with Crippen LogP contribution in [0.2, 0.25) is 0 Å². The predicted octanol–water partition coefficient (Wildman–Crippen LogP) is 3.65. The third-order valence-electron chi connectivity index (χ3n) is 2.83. The van der Waals surface area contributed by atoms with Gasteiger partial charge in [0.25, 0.3) is 5.60 Å². The Balaban J connectivity index is 3.08. The fourth-order valence-electron chi connectivity index (χ4n) is 1.55. The SMILES string of the molecule is CCc1ccc(CC(O)(C(F)(F)F)C(F)(F)F)cc1. The molecule has 19 heavy (non-hydrogen) atoms. The third-order valence-corrected chi connectivity index (χ3v) is 2.83. The molecule has 0 saturated carbocycles. The quantitative estimate of drug-likeness (QED) is 0.841. The summed E-state index contributed by atoms with van der Waals surface area (Å²) in [5.41, 5.74) is -4.17. The van der Waals surface area contributed by atoms with Crippen molar-refractivity contribution in [2.24, 2.45) is 0 Å². The summed E-state index contributed by atoms with van der Waals surface area (Å²) in [6, 6.07) is 5.17. The standard InChI is InChI=1S/C12H12F6O/c1-2-8-3-5-9(6-4-8)7-10(19,11(13,14)15)12(16,17)18/h3-6,19H,2,7H2,1H3. The van der Waals surface area contributed by atoms with E-state index in [1.54, 1.807) is 6.92 Å². The number of rotatable bonds is 3. The molecule has 1 nitrogen and oxygen atoms in total. The molecule has 0 aromatic heterocycles. The molecule has 0 bridgehead atoms. The van der Waals surface area contributed by atoms with Crippen molar-refractivity contribution < 1.29 is 31.4 Å². The van der Waals surface area contributed by atoms with Crippen LogP contribution in [0.5, 0.6) is 0 Å². The fourth-order valence-corrected chi connectivity index (χ4v) is 1.55. The second-order valence-corrected chi connectivity index (χ2v) is 4.20. The smallest absolute Gasteiger partial charge is 0.373 e. The number of halogens is 6. The average molecular weight is 286 g/mol. The number of hydrogen-bond acceptors (Lipinski definition) is 1. The van der Waals surface area contributed by atoms with E-state index >= 15 is 0 Å². The zero-order chi connectivity index (χ0) is 14.9. The second-order valence-electron chi connectivity index (χ2n) is 4.20. The van der Waals surface area contributed by atoms with Gasteiger partial charge in [0, 0.05) is 6.42 Å². The Kier molecular flexibility index (Phi) is 4.19. The first-order valence-electron chi connectivity index (χ1n) is 5.45. The van der Waals surface area contributed by atoms with E-state index in [0.29, 0.717) is 6.42 Å². The second kappa shape index (κ2) is 5.03. The first-order chi connectivity index (χ1) is 8.51. The summed E-state index contributed by atoms with van der Waals surface area (Å²) in [5.74, 6) is 0. The van der Waals surface area contributed by atoms with E-state index in [-0.39, 0.29) is 5.56 Å². The minimum atomic E-state index is -5.78. The van der Waals surface area contributed by atoms with Gasteiger partial charge in [0.05, 0.1) is 0 Å². The van der Waals surface area contributed by atoms with Crippen molar-refractivity contribution in [2.45, 2.75) is 37.7 Å². The number of hydrogen-bond donors (Lipinski definition) is 1. The van der Waals surface area contributed by atoms with Gasteiger partial charge < -0.3 is 5.11 Å². The largest absolute Gasteiger partial charge is 0.426 e. The Morgan fingerprint density at radius 1 is 0.842 bits per heavy atom. The van der Waals surface area contributed by atoms with E-state index in [1.165, 1.54) is 12.1 Å². The van der Waals surface area contributed by atoms with Crippen molar-refractivity contribution in [3.8, 4) is 0 Å². The highest BCUT2D eigenvalue weighted by atomic mass is 19.4. The fraction of sp³-hybridized carbons (Fsp3) is 0.500. The molecule has 108 valence electrons. The molecule has 0 fully saturated rings. The van der Waals surface area contributed by atoms with E-state index in [0.717, 1.165) is 17.7 Å². The molecular formula is C12H12F6O. The molecule has 0 aliphatic carbocycles. The van der Waals surface area contributed by atoms with Gasteiger partial charge in [-0.15, -0.1) is 0 Å². The van der Waals surface area contributed by atoms with Gasteiger partial charge in [-0.1, -0.05) is 31.2 Å². The number of alkyl halides is 6. The minimum absolute atomic E-state index is 0.227. The molecule has 0 atom stereocenters. The summed E-state index contributed by atoms with van der Waals surface area (Å²) in [7, 11) is 0. The topological polar surface area (TPSA) is 20.2 Å². The molecule has 0 radical (unpaired) electrons. The lowest BCUT2D eigenvalue weighted by molar-refractivity contribution is -0.367. The normalized spacial score (nSPS) is 13.7.